The van der Waals surface area contributed by atoms with Gasteiger partial charge < -0.3 is 73.4 Å². The van der Waals surface area contributed by atoms with Crippen LogP contribution in [0.5, 0.6) is 0 Å². The number of rotatable bonds is 6. The van der Waals surface area contributed by atoms with Gasteiger partial charge in [0.05, 0.1) is 13.1 Å². The van der Waals surface area contributed by atoms with Crippen LogP contribution >= 0.6 is 11.6 Å². The molecule has 0 saturated heterocycles. The molecule has 114 valence electrons. The minimum Gasteiger partial charge on any atom is -1.00 e. The Morgan fingerprint density at radius 2 is 1.35 bits per heavy atom. The van der Waals surface area contributed by atoms with E-state index in [1.54, 1.807) is 5.54 Å². The number of allylic oxidation sites excluding steroid dienone is 1. The average Bonchev–Trinajstić information content (AvgIpc) is 2.01. The van der Waals surface area contributed by atoms with Gasteiger partial charge >= 0.3 is 0 Å². The predicted octanol–water partition coefficient (Wildman–Crippen LogP) is -11.2. The smallest absolute Gasteiger partial charge is 0.0745 e. The molecule has 1 unspecified atom stereocenters. The summed E-state index contributed by atoms with van der Waals surface area (Å²) >= 11 is 5.49. The molecule has 0 aromatic rings. The molecule has 0 aromatic carbocycles. The maximum Gasteiger partial charge on any atom is 0.0745 e. The average molecular weight is 357 g/mol. The summed E-state index contributed by atoms with van der Waals surface area (Å²) in [5.41, 5.74) is 9.24. The molecule has 4 nitrogen and oxygen atoms in total. The number of halogens is 5. The minimum atomic E-state index is 0. The van der Waals surface area contributed by atoms with Crippen LogP contribution in [0.1, 0.15) is 19.3 Å². The van der Waals surface area contributed by atoms with Gasteiger partial charge in [-0.1, -0.05) is 17.7 Å². The van der Waals surface area contributed by atoms with Gasteiger partial charge in [0.25, 0.3) is 0 Å². The zero-order valence-electron chi connectivity index (χ0n) is 10.6. The molecule has 17 heavy (non-hydrogen) atoms. The van der Waals surface area contributed by atoms with E-state index in [1.165, 1.54) is 12.8 Å². The molecule has 0 aliphatic carbocycles. The normalized spacial score (nSPS) is 9.12. The maximum atomic E-state index is 5.49. The van der Waals surface area contributed by atoms with Crippen molar-refractivity contribution in [1.82, 2.24) is 12.3 Å². The Morgan fingerprint density at radius 1 is 0.882 bits per heavy atom. The van der Waals surface area contributed by atoms with Gasteiger partial charge in [-0.25, -0.2) is 0 Å². The third-order valence-corrected chi connectivity index (χ3v) is 1.89. The second kappa shape index (κ2) is 36.0. The zero-order chi connectivity index (χ0) is 8.53. The molecule has 0 spiro atoms. The third kappa shape index (κ3) is 31.6. The van der Waals surface area contributed by atoms with Crippen molar-refractivity contribution < 1.29 is 61.1 Å². The van der Waals surface area contributed by atoms with E-state index in [0.29, 0.717) is 5.92 Å². The van der Waals surface area contributed by atoms with Gasteiger partial charge in [0.2, 0.25) is 0 Å². The van der Waals surface area contributed by atoms with Gasteiger partial charge in [-0.15, -0.1) is 0 Å². The van der Waals surface area contributed by atoms with Crippen LogP contribution in [-0.2, 0) is 0 Å². The third-order valence-electron chi connectivity index (χ3n) is 1.74. The molecule has 0 aliphatic rings. The van der Waals surface area contributed by atoms with Crippen LogP contribution < -0.4 is 73.4 Å². The molecule has 0 fully saturated rings. The Labute approximate surface area is 134 Å². The molecule has 14 N–H and O–H groups in total. The molecule has 0 aliphatic heterocycles. The fourth-order valence-electron chi connectivity index (χ4n) is 1.11. The van der Waals surface area contributed by atoms with Gasteiger partial charge in [-0.3, -0.25) is 0 Å². The first-order valence-corrected chi connectivity index (χ1v) is 4.64. The first kappa shape index (κ1) is 43.0. The quantitative estimate of drug-likeness (QED) is 0.360. The van der Waals surface area contributed by atoms with Crippen LogP contribution in [0.25, 0.3) is 0 Å². The van der Waals surface area contributed by atoms with Crippen molar-refractivity contribution in [3.8, 4) is 0 Å². The molecule has 0 radical (unpaired) electrons. The molecule has 0 amide bonds. The van der Waals surface area contributed by atoms with Crippen LogP contribution in [0, 0.1) is 5.92 Å². The molecule has 0 rings (SSSR count). The lowest BCUT2D eigenvalue weighted by atomic mass is 10.00. The summed E-state index contributed by atoms with van der Waals surface area (Å²) in [5, 5.41) is 0. The summed E-state index contributed by atoms with van der Waals surface area (Å²) in [5.74, 6) is 0.617. The second-order valence-corrected chi connectivity index (χ2v) is 2.97. The van der Waals surface area contributed by atoms with E-state index in [9.17, 15) is 0 Å². The highest BCUT2D eigenvalue weighted by Gasteiger charge is 2.03. The van der Waals surface area contributed by atoms with E-state index in [2.05, 4.69) is 17.5 Å². The van der Waals surface area contributed by atoms with Crippen molar-refractivity contribution in [3.05, 3.63) is 11.6 Å². The first-order valence-electron chi connectivity index (χ1n) is 4.20. The highest BCUT2D eigenvalue weighted by molar-refractivity contribution is 6.25. The Hall–Kier alpha value is 1.03. The van der Waals surface area contributed by atoms with E-state index < -0.39 is 0 Å². The minimum absolute atomic E-state index is 0. The van der Waals surface area contributed by atoms with Crippen LogP contribution in [-0.4, -0.2) is 13.1 Å². The molecule has 1 atom stereocenters. The summed E-state index contributed by atoms with van der Waals surface area (Å²) in [4.78, 5) is 0. The first-order chi connectivity index (χ1) is 5.35. The van der Waals surface area contributed by atoms with Gasteiger partial charge in [0.15, 0.2) is 0 Å². The Kier molecular flexibility index (Phi) is 90.9. The standard InChI is InChI=1S/C8H17ClN2.4ClH.2H3N/c9-5-3-8(4-7-11)2-1-6-10;;;;;;/h3,5,8H,1-2,4,6-7,10-11H2;4*1H;2*1H3/b5-3+;;;;;;. The van der Waals surface area contributed by atoms with Crippen LogP contribution in [0.3, 0.4) is 0 Å². The molecule has 0 bridgehead atoms. The van der Waals surface area contributed by atoms with Gasteiger partial charge in [0, 0.05) is 12.0 Å². The number of hydrogen-bond donors (Lipinski definition) is 4. The van der Waals surface area contributed by atoms with E-state index in [1.807, 2.05) is 0 Å². The van der Waals surface area contributed by atoms with Crippen LogP contribution in [0.4, 0.5) is 0 Å². The maximum absolute atomic E-state index is 5.49. The topological polar surface area (TPSA) is 128 Å². The van der Waals surface area contributed by atoms with Crippen molar-refractivity contribution in [2.45, 2.75) is 19.3 Å². The Morgan fingerprint density at radius 3 is 1.65 bits per heavy atom. The molecule has 0 heterocycles. The van der Waals surface area contributed by atoms with E-state index >= 15 is 0 Å². The summed E-state index contributed by atoms with van der Waals surface area (Å²) in [6, 6.07) is 0. The van der Waals surface area contributed by atoms with Gasteiger partial charge in [-0.05, 0) is 18.8 Å². The lowest BCUT2D eigenvalue weighted by Gasteiger charge is -2.07. The fraction of sp³-hybridized carbons (Fsp3) is 0.750. The zero-order valence-corrected chi connectivity index (χ0v) is 14.4. The van der Waals surface area contributed by atoms with Crippen molar-refractivity contribution in [1.29, 1.82) is 0 Å². The Balaban J connectivity index is -0.0000000333. The van der Waals surface area contributed by atoms with Crippen molar-refractivity contribution >= 4 is 11.6 Å². The van der Waals surface area contributed by atoms with Crippen LogP contribution in [0.2, 0.25) is 0 Å². The van der Waals surface area contributed by atoms with Crippen molar-refractivity contribution in [2.24, 2.45) is 5.92 Å². The monoisotopic (exact) mass is 354 g/mol. The van der Waals surface area contributed by atoms with Gasteiger partial charge in [-0.2, -0.15) is 0 Å². The molecular weight excluding hydrogens is 329 g/mol. The fourth-order valence-corrected chi connectivity index (χ4v) is 1.31. The SMILES string of the molecule is [Cl-].[Cl-].[Cl-].[Cl-].[NH3+]CCCC(/C=C/Cl)CC[NH3+].[NH4+].[NH4+]. The highest BCUT2D eigenvalue weighted by Crippen LogP contribution is 2.11. The molecule has 9 heteroatoms. The summed E-state index contributed by atoms with van der Waals surface area (Å²) in [6.07, 6.45) is 5.58. The van der Waals surface area contributed by atoms with E-state index in [0.717, 1.165) is 19.5 Å². The summed E-state index contributed by atoms with van der Waals surface area (Å²) < 4.78 is 0. The molecule has 0 aromatic heterocycles. The molecule has 0 saturated carbocycles. The van der Waals surface area contributed by atoms with Crippen molar-refractivity contribution in [2.75, 3.05) is 13.1 Å². The Bertz CT molecular complexity index is 118. The van der Waals surface area contributed by atoms with Crippen molar-refractivity contribution in [3.63, 3.8) is 0 Å². The highest BCUT2D eigenvalue weighted by atomic mass is 35.5. The summed E-state index contributed by atoms with van der Waals surface area (Å²) in [7, 11) is 0. The number of quaternary nitrogens is 4. The molecular formula is C8H27Cl5N4. The predicted molar refractivity (Wildman–Crippen MR) is 59.8 cm³/mol. The van der Waals surface area contributed by atoms with Crippen LogP contribution in [0.15, 0.2) is 11.6 Å². The van der Waals surface area contributed by atoms with E-state index in [-0.39, 0.29) is 61.9 Å². The van der Waals surface area contributed by atoms with Gasteiger partial charge in [0.1, 0.15) is 0 Å². The lowest BCUT2D eigenvalue weighted by molar-refractivity contribution is -0.372. The summed E-state index contributed by atoms with van der Waals surface area (Å²) in [6.45, 7) is 2.01. The van der Waals surface area contributed by atoms with E-state index in [4.69, 9.17) is 11.6 Å². The second-order valence-electron chi connectivity index (χ2n) is 2.72. The largest absolute Gasteiger partial charge is 1.00 e. The lowest BCUT2D eigenvalue weighted by Crippen LogP contribution is -3.00. The number of hydrogen-bond acceptors (Lipinski definition) is 0.